The lowest BCUT2D eigenvalue weighted by Crippen LogP contribution is -2.52. The van der Waals surface area contributed by atoms with E-state index in [2.05, 4.69) is 4.90 Å². The maximum atomic E-state index is 14.9. The third-order valence-electron chi connectivity index (χ3n) is 9.36. The van der Waals surface area contributed by atoms with Crippen LogP contribution in [0.1, 0.15) is 61.4 Å². The molecule has 0 bridgehead atoms. The Kier molecular flexibility index (Phi) is 10.2. The van der Waals surface area contributed by atoms with Gasteiger partial charge in [-0.15, -0.1) is 0 Å². The minimum absolute atomic E-state index is 0.0838. The van der Waals surface area contributed by atoms with Crippen molar-refractivity contribution in [3.63, 3.8) is 0 Å². The van der Waals surface area contributed by atoms with E-state index < -0.39 is 22.1 Å². The predicted octanol–water partition coefficient (Wildman–Crippen LogP) is 6.87. The van der Waals surface area contributed by atoms with Crippen molar-refractivity contribution in [1.82, 2.24) is 19.0 Å². The lowest BCUT2D eigenvalue weighted by atomic mass is 9.93. The van der Waals surface area contributed by atoms with Crippen LogP contribution in [0.3, 0.4) is 0 Å². The standard InChI is InChI=1S/C35H41Cl2N5O4S/c1-4-46-31-16-15-29(47(44,45)39(2)3)23-30(31)34-38-32(24-7-11-26(36)12-8-24)33(25-9-13-27(37)14-10-25)42(34)35(43)41-21-17-28(18-22-41)40-19-5-6-20-40/h7-16,23,28,32-33H,4-6,17-22H2,1-3H3. The molecule has 0 spiro atoms. The van der Waals surface area contributed by atoms with Crippen LogP contribution in [0.2, 0.25) is 10.0 Å². The van der Waals surface area contributed by atoms with E-state index in [0.29, 0.717) is 52.9 Å². The first-order valence-electron chi connectivity index (χ1n) is 16.2. The van der Waals surface area contributed by atoms with Crippen LogP contribution in [0.25, 0.3) is 0 Å². The topological polar surface area (TPSA) is 85.8 Å². The molecular weight excluding hydrogens is 657 g/mol. The molecule has 9 nitrogen and oxygen atoms in total. The number of piperidine rings is 1. The summed E-state index contributed by atoms with van der Waals surface area (Å²) in [6.07, 6.45) is 4.26. The molecule has 3 heterocycles. The highest BCUT2D eigenvalue weighted by Gasteiger charge is 2.45. The minimum Gasteiger partial charge on any atom is -0.493 e. The number of hydrogen-bond donors (Lipinski definition) is 0. The molecule has 2 saturated heterocycles. The van der Waals surface area contributed by atoms with Gasteiger partial charge in [-0.25, -0.2) is 17.5 Å². The number of benzene rings is 3. The van der Waals surface area contributed by atoms with E-state index in [1.165, 1.54) is 37.3 Å². The van der Waals surface area contributed by atoms with Crippen LogP contribution in [0.15, 0.2) is 76.6 Å². The number of sulfonamides is 1. The number of halogens is 2. The molecule has 0 saturated carbocycles. The average Bonchev–Trinajstić information content (AvgIpc) is 3.75. The number of urea groups is 1. The second kappa shape index (κ2) is 14.1. The van der Waals surface area contributed by atoms with E-state index in [-0.39, 0.29) is 10.9 Å². The quantitative estimate of drug-likeness (QED) is 0.257. The zero-order valence-electron chi connectivity index (χ0n) is 27.0. The summed E-state index contributed by atoms with van der Waals surface area (Å²) >= 11 is 12.6. The van der Waals surface area contributed by atoms with E-state index in [9.17, 15) is 13.2 Å². The van der Waals surface area contributed by atoms with Gasteiger partial charge in [-0.05, 0) is 99.3 Å². The van der Waals surface area contributed by atoms with Crippen LogP contribution in [0.4, 0.5) is 4.79 Å². The Morgan fingerprint density at radius 3 is 2.06 bits per heavy atom. The molecular formula is C35H41Cl2N5O4S. The van der Waals surface area contributed by atoms with Crippen molar-refractivity contribution >= 4 is 45.1 Å². The number of aliphatic imine (C=N–C) groups is 1. The van der Waals surface area contributed by atoms with Gasteiger partial charge in [-0.3, -0.25) is 9.89 Å². The van der Waals surface area contributed by atoms with E-state index in [4.69, 9.17) is 32.9 Å². The van der Waals surface area contributed by atoms with Crippen molar-refractivity contribution in [3.05, 3.63) is 93.5 Å². The Morgan fingerprint density at radius 2 is 1.49 bits per heavy atom. The Labute approximate surface area is 287 Å². The summed E-state index contributed by atoms with van der Waals surface area (Å²) in [7, 11) is -0.813. The fraction of sp³-hybridized carbons (Fsp3) is 0.429. The first-order chi connectivity index (χ1) is 22.6. The summed E-state index contributed by atoms with van der Waals surface area (Å²) in [5.41, 5.74) is 2.15. The Bertz CT molecular complexity index is 1720. The van der Waals surface area contributed by atoms with Crippen LogP contribution >= 0.6 is 23.2 Å². The number of ether oxygens (including phenoxy) is 1. The molecule has 2 amide bonds. The van der Waals surface area contributed by atoms with Gasteiger partial charge in [-0.1, -0.05) is 47.5 Å². The summed E-state index contributed by atoms with van der Waals surface area (Å²) in [5, 5.41) is 1.17. The first-order valence-corrected chi connectivity index (χ1v) is 18.4. The monoisotopic (exact) mass is 697 g/mol. The maximum absolute atomic E-state index is 14.9. The summed E-state index contributed by atoms with van der Waals surface area (Å²) in [5.74, 6) is 0.803. The summed E-state index contributed by atoms with van der Waals surface area (Å²) in [4.78, 5) is 26.4. The lowest BCUT2D eigenvalue weighted by Gasteiger charge is -2.40. The van der Waals surface area contributed by atoms with Crippen LogP contribution < -0.4 is 4.74 Å². The van der Waals surface area contributed by atoms with E-state index in [1.54, 1.807) is 17.0 Å². The van der Waals surface area contributed by atoms with E-state index in [1.807, 2.05) is 60.4 Å². The third kappa shape index (κ3) is 6.89. The zero-order chi connectivity index (χ0) is 33.3. The molecule has 12 heteroatoms. The Morgan fingerprint density at radius 1 is 0.894 bits per heavy atom. The highest BCUT2D eigenvalue weighted by Crippen LogP contribution is 2.46. The van der Waals surface area contributed by atoms with Gasteiger partial charge in [0, 0.05) is 43.3 Å². The SMILES string of the molecule is CCOc1ccc(S(=O)(=O)N(C)C)cc1C1=NC(c2ccc(Cl)cc2)C(c2ccc(Cl)cc2)N1C(=O)N1CCC(N2CCCC2)CC1. The van der Waals surface area contributed by atoms with Crippen LogP contribution in [-0.2, 0) is 10.0 Å². The fourth-order valence-electron chi connectivity index (χ4n) is 6.87. The molecule has 0 radical (unpaired) electrons. The molecule has 2 unspecified atom stereocenters. The molecule has 2 fully saturated rings. The Hall–Kier alpha value is -3.15. The van der Waals surface area contributed by atoms with Crippen molar-refractivity contribution in [2.75, 3.05) is 46.9 Å². The average molecular weight is 699 g/mol. The Balaban J connectivity index is 1.49. The van der Waals surface area contributed by atoms with Crippen LogP contribution in [-0.4, -0.2) is 92.2 Å². The second-order valence-corrected chi connectivity index (χ2v) is 15.5. The number of amidine groups is 1. The number of carbonyl (C=O) groups excluding carboxylic acids is 1. The minimum atomic E-state index is -3.80. The molecule has 3 aliphatic heterocycles. The van der Waals surface area contributed by atoms with Gasteiger partial charge < -0.3 is 14.5 Å². The van der Waals surface area contributed by atoms with Gasteiger partial charge in [0.1, 0.15) is 17.6 Å². The van der Waals surface area contributed by atoms with Crippen molar-refractivity contribution < 1.29 is 17.9 Å². The van der Waals surface area contributed by atoms with E-state index >= 15 is 0 Å². The second-order valence-electron chi connectivity index (χ2n) is 12.4. The van der Waals surface area contributed by atoms with Crippen molar-refractivity contribution in [2.45, 2.75) is 55.6 Å². The van der Waals surface area contributed by atoms with Crippen molar-refractivity contribution in [2.24, 2.45) is 4.99 Å². The summed E-state index contributed by atoms with van der Waals surface area (Å²) < 4.78 is 33.9. The molecule has 0 aliphatic carbocycles. The molecule has 47 heavy (non-hydrogen) atoms. The number of hydrogen-bond acceptors (Lipinski definition) is 6. The number of carbonyl (C=O) groups is 1. The van der Waals surface area contributed by atoms with Gasteiger partial charge in [-0.2, -0.15) is 0 Å². The molecule has 0 aromatic heterocycles. The number of rotatable bonds is 8. The van der Waals surface area contributed by atoms with Gasteiger partial charge in [0.2, 0.25) is 10.0 Å². The maximum Gasteiger partial charge on any atom is 0.326 e. The number of amides is 2. The molecule has 6 rings (SSSR count). The summed E-state index contributed by atoms with van der Waals surface area (Å²) in [6, 6.07) is 18.9. The summed E-state index contributed by atoms with van der Waals surface area (Å²) in [6.45, 7) is 5.70. The number of nitrogens with zero attached hydrogens (tertiary/aromatic N) is 5. The van der Waals surface area contributed by atoms with Crippen molar-refractivity contribution in [3.8, 4) is 5.75 Å². The molecule has 3 aromatic carbocycles. The molecule has 0 N–H and O–H groups in total. The first kappa shape index (κ1) is 33.7. The van der Waals surface area contributed by atoms with Crippen molar-refractivity contribution in [1.29, 1.82) is 0 Å². The molecule has 250 valence electrons. The highest BCUT2D eigenvalue weighted by molar-refractivity contribution is 7.89. The smallest absolute Gasteiger partial charge is 0.326 e. The molecule has 2 atom stereocenters. The normalized spacial score (nSPS) is 21.0. The van der Waals surface area contributed by atoms with Gasteiger partial charge in [0.05, 0.1) is 23.1 Å². The number of likely N-dealkylation sites (tertiary alicyclic amines) is 2. The third-order valence-corrected chi connectivity index (χ3v) is 11.7. The van der Waals surface area contributed by atoms with Crippen LogP contribution in [0, 0.1) is 0 Å². The molecule has 3 aromatic rings. The van der Waals surface area contributed by atoms with Gasteiger partial charge in [0.25, 0.3) is 0 Å². The lowest BCUT2D eigenvalue weighted by molar-refractivity contribution is 0.117. The van der Waals surface area contributed by atoms with Gasteiger partial charge in [0.15, 0.2) is 0 Å². The zero-order valence-corrected chi connectivity index (χ0v) is 29.3. The van der Waals surface area contributed by atoms with E-state index in [0.717, 1.165) is 37.1 Å². The van der Waals surface area contributed by atoms with Gasteiger partial charge >= 0.3 is 6.03 Å². The highest BCUT2D eigenvalue weighted by atomic mass is 35.5. The van der Waals surface area contributed by atoms with Crippen LogP contribution in [0.5, 0.6) is 5.75 Å². The molecule has 3 aliphatic rings. The fourth-order valence-corrected chi connectivity index (χ4v) is 8.05. The predicted molar refractivity (Wildman–Crippen MR) is 186 cm³/mol. The largest absolute Gasteiger partial charge is 0.493 e.